The van der Waals surface area contributed by atoms with Crippen molar-refractivity contribution in [3.8, 4) is 0 Å². The second-order valence-corrected chi connectivity index (χ2v) is 5.21. The Bertz CT molecular complexity index is 490. The Morgan fingerprint density at radius 1 is 1.47 bits per heavy atom. The SMILES string of the molecule is Cc1nc(CCNc2c(N)cccc2Cl)cs1. The minimum Gasteiger partial charge on any atom is -0.397 e. The molecule has 0 unspecified atom stereocenters. The third-order valence-electron chi connectivity index (χ3n) is 2.40. The number of aromatic nitrogens is 1. The van der Waals surface area contributed by atoms with E-state index in [0.29, 0.717) is 10.7 Å². The van der Waals surface area contributed by atoms with Crippen molar-refractivity contribution in [3.05, 3.63) is 39.3 Å². The van der Waals surface area contributed by atoms with Crippen molar-refractivity contribution in [2.45, 2.75) is 13.3 Å². The number of benzene rings is 1. The van der Waals surface area contributed by atoms with Gasteiger partial charge in [-0.3, -0.25) is 0 Å². The minimum absolute atomic E-state index is 0.652. The van der Waals surface area contributed by atoms with E-state index in [1.54, 1.807) is 11.3 Å². The molecule has 0 fully saturated rings. The van der Waals surface area contributed by atoms with Crippen LogP contribution in [-0.2, 0) is 6.42 Å². The van der Waals surface area contributed by atoms with Crippen LogP contribution < -0.4 is 11.1 Å². The van der Waals surface area contributed by atoms with Gasteiger partial charge >= 0.3 is 0 Å². The predicted molar refractivity (Wildman–Crippen MR) is 74.9 cm³/mol. The summed E-state index contributed by atoms with van der Waals surface area (Å²) in [5, 5.41) is 7.07. The largest absolute Gasteiger partial charge is 0.397 e. The first-order chi connectivity index (χ1) is 8.16. The van der Waals surface area contributed by atoms with E-state index < -0.39 is 0 Å². The maximum atomic E-state index is 6.06. The number of aryl methyl sites for hydroxylation is 1. The summed E-state index contributed by atoms with van der Waals surface area (Å²) >= 11 is 7.73. The second kappa shape index (κ2) is 5.38. The summed E-state index contributed by atoms with van der Waals surface area (Å²) in [4.78, 5) is 4.40. The van der Waals surface area contributed by atoms with E-state index in [1.165, 1.54) is 0 Å². The van der Waals surface area contributed by atoms with Crippen LogP contribution in [0.25, 0.3) is 0 Å². The van der Waals surface area contributed by atoms with Crippen molar-refractivity contribution in [1.29, 1.82) is 0 Å². The number of hydrogen-bond donors (Lipinski definition) is 2. The van der Waals surface area contributed by atoms with Gasteiger partial charge in [-0.2, -0.15) is 0 Å². The van der Waals surface area contributed by atoms with Gasteiger partial charge in [-0.05, 0) is 19.1 Å². The van der Waals surface area contributed by atoms with Crippen LogP contribution in [0, 0.1) is 6.92 Å². The lowest BCUT2D eigenvalue weighted by atomic mass is 10.2. The highest BCUT2D eigenvalue weighted by molar-refractivity contribution is 7.09. The zero-order valence-electron chi connectivity index (χ0n) is 9.53. The average Bonchev–Trinajstić information content (AvgIpc) is 2.69. The smallest absolute Gasteiger partial charge is 0.0897 e. The molecule has 0 saturated carbocycles. The number of nitrogen functional groups attached to an aromatic ring is 1. The fourth-order valence-corrected chi connectivity index (χ4v) is 2.46. The maximum Gasteiger partial charge on any atom is 0.0897 e. The standard InChI is InChI=1S/C12H14ClN3S/c1-8-16-9(7-17-8)5-6-15-12-10(13)3-2-4-11(12)14/h2-4,7,15H,5-6,14H2,1H3. The number of para-hydroxylation sites is 1. The van der Waals surface area contributed by atoms with Gasteiger partial charge in [0, 0.05) is 18.3 Å². The van der Waals surface area contributed by atoms with Crippen molar-refractivity contribution < 1.29 is 0 Å². The summed E-state index contributed by atoms with van der Waals surface area (Å²) in [6.45, 7) is 2.78. The van der Waals surface area contributed by atoms with E-state index in [4.69, 9.17) is 17.3 Å². The molecule has 5 heteroatoms. The van der Waals surface area contributed by atoms with Crippen LogP contribution >= 0.6 is 22.9 Å². The van der Waals surface area contributed by atoms with Gasteiger partial charge in [0.15, 0.2) is 0 Å². The fraction of sp³-hybridized carbons (Fsp3) is 0.250. The first-order valence-corrected chi connectivity index (χ1v) is 6.61. The molecule has 0 aliphatic rings. The number of hydrogen-bond acceptors (Lipinski definition) is 4. The summed E-state index contributed by atoms with van der Waals surface area (Å²) < 4.78 is 0. The van der Waals surface area contributed by atoms with Crippen LogP contribution in [-0.4, -0.2) is 11.5 Å². The predicted octanol–water partition coefficient (Wildman–Crippen LogP) is 3.34. The molecule has 0 aliphatic carbocycles. The van der Waals surface area contributed by atoms with Crippen molar-refractivity contribution in [2.24, 2.45) is 0 Å². The number of nitrogens with two attached hydrogens (primary N) is 1. The Morgan fingerprint density at radius 2 is 2.29 bits per heavy atom. The second-order valence-electron chi connectivity index (χ2n) is 3.74. The molecule has 0 atom stereocenters. The summed E-state index contributed by atoms with van der Waals surface area (Å²) in [5.41, 5.74) is 8.43. The molecule has 1 heterocycles. The lowest BCUT2D eigenvalue weighted by molar-refractivity contribution is 0.969. The Hall–Kier alpha value is -1.26. The quantitative estimate of drug-likeness (QED) is 0.836. The molecule has 0 aliphatic heterocycles. The number of thiazole rings is 1. The molecule has 90 valence electrons. The monoisotopic (exact) mass is 267 g/mol. The van der Waals surface area contributed by atoms with Gasteiger partial charge in [0.2, 0.25) is 0 Å². The lowest BCUT2D eigenvalue weighted by Crippen LogP contribution is -2.07. The molecule has 0 amide bonds. The topological polar surface area (TPSA) is 50.9 Å². The number of halogens is 1. The minimum atomic E-state index is 0.652. The van der Waals surface area contributed by atoms with Gasteiger partial charge in [-0.1, -0.05) is 17.7 Å². The Balaban J connectivity index is 1.94. The number of nitrogens with one attached hydrogen (secondary N) is 1. The highest BCUT2D eigenvalue weighted by atomic mass is 35.5. The van der Waals surface area contributed by atoms with Crippen molar-refractivity contribution in [1.82, 2.24) is 4.98 Å². The maximum absolute atomic E-state index is 6.06. The first kappa shape index (κ1) is 12.2. The molecule has 3 nitrogen and oxygen atoms in total. The fourth-order valence-electron chi connectivity index (χ4n) is 1.57. The third kappa shape index (κ3) is 3.11. The van der Waals surface area contributed by atoms with Gasteiger partial charge in [-0.15, -0.1) is 11.3 Å². The van der Waals surface area contributed by atoms with Crippen LogP contribution in [0.15, 0.2) is 23.6 Å². The Labute approximate surface area is 110 Å². The first-order valence-electron chi connectivity index (χ1n) is 5.35. The Morgan fingerprint density at radius 3 is 2.94 bits per heavy atom. The molecule has 0 radical (unpaired) electrons. The Kier molecular flexibility index (Phi) is 3.86. The third-order valence-corrected chi connectivity index (χ3v) is 3.53. The summed E-state index contributed by atoms with van der Waals surface area (Å²) in [6.07, 6.45) is 0.870. The molecule has 0 spiro atoms. The molecule has 0 saturated heterocycles. The zero-order valence-corrected chi connectivity index (χ0v) is 11.1. The van der Waals surface area contributed by atoms with E-state index in [1.807, 2.05) is 25.1 Å². The van der Waals surface area contributed by atoms with E-state index in [-0.39, 0.29) is 0 Å². The molecular weight excluding hydrogens is 254 g/mol. The molecule has 2 aromatic rings. The summed E-state index contributed by atoms with van der Waals surface area (Å²) in [5.74, 6) is 0. The van der Waals surface area contributed by atoms with E-state index in [9.17, 15) is 0 Å². The van der Waals surface area contributed by atoms with Gasteiger partial charge < -0.3 is 11.1 Å². The van der Waals surface area contributed by atoms with E-state index in [0.717, 1.165) is 29.4 Å². The number of rotatable bonds is 4. The van der Waals surface area contributed by atoms with Gasteiger partial charge in [0.05, 0.1) is 27.1 Å². The van der Waals surface area contributed by atoms with Crippen LogP contribution in [0.1, 0.15) is 10.7 Å². The van der Waals surface area contributed by atoms with Crippen LogP contribution in [0.3, 0.4) is 0 Å². The van der Waals surface area contributed by atoms with Crippen LogP contribution in [0.5, 0.6) is 0 Å². The number of anilines is 2. The highest BCUT2D eigenvalue weighted by Crippen LogP contribution is 2.27. The summed E-state index contributed by atoms with van der Waals surface area (Å²) in [6, 6.07) is 5.50. The van der Waals surface area contributed by atoms with E-state index in [2.05, 4.69) is 15.7 Å². The molecule has 17 heavy (non-hydrogen) atoms. The van der Waals surface area contributed by atoms with Crippen molar-refractivity contribution >= 4 is 34.3 Å². The van der Waals surface area contributed by atoms with Crippen molar-refractivity contribution in [3.63, 3.8) is 0 Å². The van der Waals surface area contributed by atoms with Crippen molar-refractivity contribution in [2.75, 3.05) is 17.6 Å². The van der Waals surface area contributed by atoms with Gasteiger partial charge in [-0.25, -0.2) is 4.98 Å². The molecular formula is C12H14ClN3S. The molecule has 0 bridgehead atoms. The van der Waals surface area contributed by atoms with Crippen LogP contribution in [0.4, 0.5) is 11.4 Å². The average molecular weight is 268 g/mol. The van der Waals surface area contributed by atoms with Crippen LogP contribution in [0.2, 0.25) is 5.02 Å². The molecule has 3 N–H and O–H groups in total. The molecule has 1 aromatic heterocycles. The van der Waals surface area contributed by atoms with Gasteiger partial charge in [0.1, 0.15) is 0 Å². The number of nitrogens with zero attached hydrogens (tertiary/aromatic N) is 1. The molecule has 1 aromatic carbocycles. The zero-order chi connectivity index (χ0) is 12.3. The normalized spacial score (nSPS) is 10.5. The molecule has 2 rings (SSSR count). The van der Waals surface area contributed by atoms with Gasteiger partial charge in [0.25, 0.3) is 0 Å². The highest BCUT2D eigenvalue weighted by Gasteiger charge is 2.04. The lowest BCUT2D eigenvalue weighted by Gasteiger charge is -2.10. The summed E-state index contributed by atoms with van der Waals surface area (Å²) in [7, 11) is 0. The van der Waals surface area contributed by atoms with E-state index >= 15 is 0 Å².